The normalized spacial score (nSPS) is 12.1. The lowest BCUT2D eigenvalue weighted by molar-refractivity contribution is 0.0932. The topological polar surface area (TPSA) is 81.4 Å². The summed E-state index contributed by atoms with van der Waals surface area (Å²) in [5, 5.41) is 25.1. The van der Waals surface area contributed by atoms with Crippen molar-refractivity contribution in [1.29, 1.82) is 5.41 Å². The fourth-order valence-electron chi connectivity index (χ4n) is 1.07. The van der Waals surface area contributed by atoms with Crippen LogP contribution in [0.15, 0.2) is 24.3 Å². The Kier molecular flexibility index (Phi) is 3.36. The van der Waals surface area contributed by atoms with E-state index >= 15 is 0 Å². The van der Waals surface area contributed by atoms with Crippen molar-refractivity contribution < 1.29 is 15.0 Å². The van der Waals surface area contributed by atoms with E-state index in [1.807, 2.05) is 0 Å². The predicted octanol–water partition coefficient (Wildman–Crippen LogP) is 0.975. The molecule has 0 unspecified atom stereocenters. The third-order valence-electron chi connectivity index (χ3n) is 1.79. The van der Waals surface area contributed by atoms with E-state index in [1.54, 1.807) is 12.1 Å². The summed E-state index contributed by atoms with van der Waals surface area (Å²) < 4.78 is 0. The summed E-state index contributed by atoms with van der Waals surface area (Å²) in [5.41, 5.74) is 0.174. The lowest BCUT2D eigenvalue weighted by Gasteiger charge is -2.04. The average Bonchev–Trinajstić information content (AvgIpc) is 2.18. The molecule has 0 aromatic heterocycles. The molecule has 0 aliphatic heterocycles. The minimum Gasteiger partial charge on any atom is -0.507 e. The molecule has 3 N–H and O–H groups in total. The van der Waals surface area contributed by atoms with E-state index < -0.39 is 6.10 Å². The Balaban J connectivity index is 2.80. The summed E-state index contributed by atoms with van der Waals surface area (Å²) in [6, 6.07) is 6.13. The highest BCUT2D eigenvalue weighted by Crippen LogP contribution is 2.17. The zero-order valence-corrected chi connectivity index (χ0v) is 7.47. The summed E-state index contributed by atoms with van der Waals surface area (Å²) in [6.07, 6.45) is -0.471. The Morgan fingerprint density at radius 2 is 2.14 bits per heavy atom. The smallest absolute Gasteiger partial charge is 0.169 e. The number of benzene rings is 1. The molecule has 0 saturated heterocycles. The number of carbonyl (C=O) groups excluding carboxylic acids is 1. The average molecular weight is 193 g/mol. The van der Waals surface area contributed by atoms with Crippen LogP contribution in [-0.4, -0.2) is 28.3 Å². The number of rotatable bonds is 4. The van der Waals surface area contributed by atoms with Crippen LogP contribution in [0.25, 0.3) is 0 Å². The Labute approximate surface area is 81.3 Å². The molecule has 0 bridgehead atoms. The molecule has 0 aliphatic rings. The molecule has 0 aliphatic carbocycles. The van der Waals surface area contributed by atoms with Crippen LogP contribution >= 0.6 is 0 Å². The van der Waals surface area contributed by atoms with E-state index in [2.05, 4.69) is 0 Å². The van der Waals surface area contributed by atoms with Crippen molar-refractivity contribution in [1.82, 2.24) is 0 Å². The molecule has 4 nitrogen and oxygen atoms in total. The van der Waals surface area contributed by atoms with Crippen molar-refractivity contribution in [2.45, 2.75) is 12.5 Å². The van der Waals surface area contributed by atoms with E-state index in [0.29, 0.717) is 0 Å². The molecular formula is C10H11NO3. The highest BCUT2D eigenvalue weighted by Gasteiger charge is 2.13. The molecule has 4 heteroatoms. The maximum Gasteiger partial charge on any atom is 0.169 e. The SMILES string of the molecule is N=C[C@@H](O)CC(=O)c1ccccc1O. The summed E-state index contributed by atoms with van der Waals surface area (Å²) in [6.45, 7) is 0. The van der Waals surface area contributed by atoms with Gasteiger partial charge in [-0.25, -0.2) is 0 Å². The van der Waals surface area contributed by atoms with Gasteiger partial charge in [0, 0.05) is 12.6 Å². The maximum atomic E-state index is 11.4. The lowest BCUT2D eigenvalue weighted by atomic mass is 10.0. The number of phenols is 1. The van der Waals surface area contributed by atoms with Crippen LogP contribution < -0.4 is 0 Å². The first kappa shape index (κ1) is 10.4. The minimum atomic E-state index is -1.08. The molecule has 0 radical (unpaired) electrons. The number of hydrogen-bond donors (Lipinski definition) is 3. The van der Waals surface area contributed by atoms with Crippen LogP contribution in [0.5, 0.6) is 5.75 Å². The van der Waals surface area contributed by atoms with Crippen LogP contribution in [0.2, 0.25) is 0 Å². The van der Waals surface area contributed by atoms with Crippen LogP contribution in [-0.2, 0) is 0 Å². The number of aliphatic hydroxyl groups excluding tert-OH is 1. The number of ketones is 1. The van der Waals surface area contributed by atoms with Crippen LogP contribution in [0.4, 0.5) is 0 Å². The van der Waals surface area contributed by atoms with Gasteiger partial charge in [-0.3, -0.25) is 4.79 Å². The number of Topliss-reactive ketones (excluding diaryl/α,β-unsaturated/α-hetero) is 1. The molecule has 1 aromatic carbocycles. The van der Waals surface area contributed by atoms with Gasteiger partial charge in [-0.15, -0.1) is 0 Å². The van der Waals surface area contributed by atoms with Crippen molar-refractivity contribution in [2.24, 2.45) is 0 Å². The van der Waals surface area contributed by atoms with Gasteiger partial charge in [-0.2, -0.15) is 0 Å². The molecule has 0 fully saturated rings. The third-order valence-corrected chi connectivity index (χ3v) is 1.79. The van der Waals surface area contributed by atoms with Crippen molar-refractivity contribution >= 4 is 12.0 Å². The number of para-hydroxylation sites is 1. The van der Waals surface area contributed by atoms with Gasteiger partial charge in [-0.05, 0) is 12.1 Å². The van der Waals surface area contributed by atoms with Crippen LogP contribution in [0, 0.1) is 5.41 Å². The third kappa shape index (κ3) is 2.40. The van der Waals surface area contributed by atoms with E-state index in [-0.39, 0.29) is 23.5 Å². The van der Waals surface area contributed by atoms with Gasteiger partial charge in [0.25, 0.3) is 0 Å². The summed E-state index contributed by atoms with van der Waals surface area (Å²) in [4.78, 5) is 11.4. The van der Waals surface area contributed by atoms with Crippen LogP contribution in [0.1, 0.15) is 16.8 Å². The molecule has 1 atom stereocenters. The fourth-order valence-corrected chi connectivity index (χ4v) is 1.07. The van der Waals surface area contributed by atoms with Crippen LogP contribution in [0.3, 0.4) is 0 Å². The number of aromatic hydroxyl groups is 1. The Morgan fingerprint density at radius 3 is 2.71 bits per heavy atom. The fraction of sp³-hybridized carbons (Fsp3) is 0.200. The minimum absolute atomic E-state index is 0.102. The predicted molar refractivity (Wildman–Crippen MR) is 51.8 cm³/mol. The number of phenolic OH excluding ortho intramolecular Hbond substituents is 1. The van der Waals surface area contributed by atoms with Gasteiger partial charge >= 0.3 is 0 Å². The second kappa shape index (κ2) is 4.53. The van der Waals surface area contributed by atoms with Gasteiger partial charge in [0.2, 0.25) is 0 Å². The van der Waals surface area contributed by atoms with Crippen molar-refractivity contribution in [3.8, 4) is 5.75 Å². The Bertz CT molecular complexity index is 349. The zero-order valence-electron chi connectivity index (χ0n) is 7.47. The van der Waals surface area contributed by atoms with Crippen molar-refractivity contribution in [3.63, 3.8) is 0 Å². The second-order valence-corrected chi connectivity index (χ2v) is 2.88. The highest BCUT2D eigenvalue weighted by atomic mass is 16.3. The van der Waals surface area contributed by atoms with Crippen molar-refractivity contribution in [3.05, 3.63) is 29.8 Å². The summed E-state index contributed by atoms with van der Waals surface area (Å²) in [7, 11) is 0. The molecule has 14 heavy (non-hydrogen) atoms. The second-order valence-electron chi connectivity index (χ2n) is 2.88. The molecule has 0 amide bonds. The molecule has 0 spiro atoms. The standard InChI is InChI=1S/C10H11NO3/c11-6-7(12)5-10(14)8-3-1-2-4-9(8)13/h1-4,6-7,11-13H,5H2/t7-/m0/s1. The first-order chi connectivity index (χ1) is 6.65. The quantitative estimate of drug-likeness (QED) is 0.492. The summed E-state index contributed by atoms with van der Waals surface area (Å²) in [5.74, 6) is -0.478. The van der Waals surface area contributed by atoms with Gasteiger partial charge in [0.1, 0.15) is 5.75 Å². The van der Waals surface area contributed by atoms with Gasteiger partial charge < -0.3 is 15.6 Å². The zero-order chi connectivity index (χ0) is 10.6. The first-order valence-corrected chi connectivity index (χ1v) is 4.15. The number of nitrogens with one attached hydrogen (secondary N) is 1. The monoisotopic (exact) mass is 193 g/mol. The number of carbonyl (C=O) groups is 1. The highest BCUT2D eigenvalue weighted by molar-refractivity contribution is 5.99. The molecule has 74 valence electrons. The number of aliphatic hydroxyl groups is 1. The summed E-state index contributed by atoms with van der Waals surface area (Å²) >= 11 is 0. The Morgan fingerprint density at radius 1 is 1.50 bits per heavy atom. The lowest BCUT2D eigenvalue weighted by Crippen LogP contribution is -2.14. The van der Waals surface area contributed by atoms with E-state index in [4.69, 9.17) is 10.5 Å². The van der Waals surface area contributed by atoms with E-state index in [9.17, 15) is 9.90 Å². The molecule has 0 saturated carbocycles. The van der Waals surface area contributed by atoms with Gasteiger partial charge in [-0.1, -0.05) is 12.1 Å². The van der Waals surface area contributed by atoms with Gasteiger partial charge in [0.05, 0.1) is 11.7 Å². The Hall–Kier alpha value is -1.68. The first-order valence-electron chi connectivity index (χ1n) is 4.15. The number of hydrogen-bond acceptors (Lipinski definition) is 4. The molecule has 1 aromatic rings. The molecule has 1 rings (SSSR count). The van der Waals surface area contributed by atoms with Gasteiger partial charge in [0.15, 0.2) is 5.78 Å². The van der Waals surface area contributed by atoms with E-state index in [1.165, 1.54) is 12.1 Å². The maximum absolute atomic E-state index is 11.4. The van der Waals surface area contributed by atoms with Crippen molar-refractivity contribution in [2.75, 3.05) is 0 Å². The molecular weight excluding hydrogens is 182 g/mol. The molecule has 0 heterocycles. The van der Waals surface area contributed by atoms with E-state index in [0.717, 1.165) is 6.21 Å². The largest absolute Gasteiger partial charge is 0.507 e.